The van der Waals surface area contributed by atoms with Crippen LogP contribution in [0.25, 0.3) is 0 Å². The van der Waals surface area contributed by atoms with Gasteiger partial charge in [-0.2, -0.15) is 0 Å². The lowest BCUT2D eigenvalue weighted by molar-refractivity contribution is 0.0761. The van der Waals surface area contributed by atoms with E-state index < -0.39 is 5.69 Å². The maximum absolute atomic E-state index is 11.5. The van der Waals surface area contributed by atoms with E-state index in [1.54, 1.807) is 4.90 Å². The predicted octanol–water partition coefficient (Wildman–Crippen LogP) is -0.420. The molecule has 0 aromatic carbocycles. The van der Waals surface area contributed by atoms with Gasteiger partial charge in [-0.15, -0.1) is 5.10 Å². The van der Waals surface area contributed by atoms with Gasteiger partial charge in [-0.25, -0.2) is 9.89 Å². The van der Waals surface area contributed by atoms with Crippen LogP contribution in [-0.4, -0.2) is 39.1 Å². The largest absolute Gasteiger partial charge is 0.341 e. The fourth-order valence-corrected chi connectivity index (χ4v) is 1.03. The molecule has 1 rings (SSSR count). The van der Waals surface area contributed by atoms with Gasteiger partial charge in [0.25, 0.3) is 5.91 Å². The smallest absolute Gasteiger partial charge is 0.336 e. The van der Waals surface area contributed by atoms with Gasteiger partial charge < -0.3 is 4.90 Å². The second kappa shape index (κ2) is 3.88. The summed E-state index contributed by atoms with van der Waals surface area (Å²) in [5.41, 5.74) is -0.462. The molecule has 2 N–H and O–H groups in total. The van der Waals surface area contributed by atoms with Gasteiger partial charge >= 0.3 is 5.69 Å². The number of carbonyl (C=O) groups excluding carboxylic acids is 1. The van der Waals surface area contributed by atoms with E-state index in [4.69, 9.17) is 0 Å². The average Bonchev–Trinajstić information content (AvgIpc) is 2.54. The van der Waals surface area contributed by atoms with Crippen molar-refractivity contribution in [2.45, 2.75) is 13.8 Å². The fraction of sp³-hybridized carbons (Fsp3) is 0.571. The van der Waals surface area contributed by atoms with Gasteiger partial charge in [-0.1, -0.05) is 0 Å². The van der Waals surface area contributed by atoms with E-state index >= 15 is 0 Å². The van der Waals surface area contributed by atoms with Crippen LogP contribution in [0.3, 0.4) is 0 Å². The molecule has 0 aliphatic carbocycles. The molecule has 0 aliphatic heterocycles. The Labute approximate surface area is 75.0 Å². The standard InChI is InChI=1S/C7H12N4O2/c1-3-11(4-2)6(12)5-8-7(13)10-9-5/h3-4H2,1-2H3,(H2,8,9,10,13). The molecule has 0 unspecified atom stereocenters. The highest BCUT2D eigenvalue weighted by Gasteiger charge is 2.15. The molecule has 0 radical (unpaired) electrons. The number of rotatable bonds is 3. The highest BCUT2D eigenvalue weighted by Crippen LogP contribution is 1.94. The molecular formula is C7H12N4O2. The van der Waals surface area contributed by atoms with Crippen LogP contribution in [0.5, 0.6) is 0 Å². The molecule has 0 saturated heterocycles. The molecule has 1 amide bonds. The third-order valence-electron chi connectivity index (χ3n) is 1.75. The van der Waals surface area contributed by atoms with Crippen molar-refractivity contribution in [2.75, 3.05) is 13.1 Å². The molecule has 0 atom stereocenters. The Balaban J connectivity index is 2.84. The first kappa shape index (κ1) is 9.50. The summed E-state index contributed by atoms with van der Waals surface area (Å²) in [6.45, 7) is 4.94. The second-order valence-corrected chi connectivity index (χ2v) is 2.50. The van der Waals surface area contributed by atoms with Crippen LogP contribution in [0.4, 0.5) is 0 Å². The third kappa shape index (κ3) is 1.95. The zero-order valence-corrected chi connectivity index (χ0v) is 7.63. The third-order valence-corrected chi connectivity index (χ3v) is 1.75. The quantitative estimate of drug-likeness (QED) is 0.669. The number of carbonyl (C=O) groups is 1. The molecule has 6 nitrogen and oxygen atoms in total. The minimum Gasteiger partial charge on any atom is -0.336 e. The summed E-state index contributed by atoms with van der Waals surface area (Å²) in [5, 5.41) is 5.69. The Hall–Kier alpha value is -1.59. The van der Waals surface area contributed by atoms with E-state index in [1.807, 2.05) is 13.8 Å². The Morgan fingerprint density at radius 3 is 2.46 bits per heavy atom. The van der Waals surface area contributed by atoms with Gasteiger partial charge in [0.2, 0.25) is 5.82 Å². The van der Waals surface area contributed by atoms with Crippen LogP contribution in [0, 0.1) is 0 Å². The first-order valence-corrected chi connectivity index (χ1v) is 4.13. The van der Waals surface area contributed by atoms with Crippen LogP contribution in [0.15, 0.2) is 4.79 Å². The molecule has 13 heavy (non-hydrogen) atoms. The van der Waals surface area contributed by atoms with Gasteiger partial charge in [0.15, 0.2) is 0 Å². The van der Waals surface area contributed by atoms with Crippen LogP contribution < -0.4 is 5.69 Å². The SMILES string of the molecule is CCN(CC)C(=O)c1n[nH]c(=O)[nH]1. The lowest BCUT2D eigenvalue weighted by atomic mass is 10.4. The van der Waals surface area contributed by atoms with Crippen molar-refractivity contribution in [3.05, 3.63) is 16.3 Å². The topological polar surface area (TPSA) is 81.8 Å². The number of amides is 1. The lowest BCUT2D eigenvalue weighted by Crippen LogP contribution is -2.31. The summed E-state index contributed by atoms with van der Waals surface area (Å²) < 4.78 is 0. The van der Waals surface area contributed by atoms with E-state index in [9.17, 15) is 9.59 Å². The molecule has 0 bridgehead atoms. The van der Waals surface area contributed by atoms with Crippen LogP contribution in [0.2, 0.25) is 0 Å². The minimum absolute atomic E-state index is 0.0636. The molecule has 1 aromatic heterocycles. The van der Waals surface area contributed by atoms with Gasteiger partial charge in [0, 0.05) is 13.1 Å². The molecule has 6 heteroatoms. The van der Waals surface area contributed by atoms with Crippen molar-refractivity contribution in [1.29, 1.82) is 0 Å². The van der Waals surface area contributed by atoms with Crippen molar-refractivity contribution < 1.29 is 4.79 Å². The van der Waals surface area contributed by atoms with Gasteiger partial charge in [-0.05, 0) is 13.8 Å². The summed E-state index contributed by atoms with van der Waals surface area (Å²) in [4.78, 5) is 26.0. The van der Waals surface area contributed by atoms with Crippen molar-refractivity contribution >= 4 is 5.91 Å². The zero-order valence-electron chi connectivity index (χ0n) is 7.63. The number of aromatic nitrogens is 3. The van der Waals surface area contributed by atoms with Crippen LogP contribution in [0.1, 0.15) is 24.5 Å². The summed E-state index contributed by atoms with van der Waals surface area (Å²) >= 11 is 0. The first-order chi connectivity index (χ1) is 6.19. The molecule has 0 fully saturated rings. The van der Waals surface area contributed by atoms with Crippen molar-refractivity contribution in [3.8, 4) is 0 Å². The lowest BCUT2D eigenvalue weighted by Gasteiger charge is -2.15. The Bertz CT molecular complexity index is 336. The molecule has 1 heterocycles. The number of nitrogens with zero attached hydrogens (tertiary/aromatic N) is 2. The van der Waals surface area contributed by atoms with E-state index in [0.717, 1.165) is 0 Å². The van der Waals surface area contributed by atoms with Crippen molar-refractivity contribution in [1.82, 2.24) is 20.1 Å². The normalized spacial score (nSPS) is 10.0. The summed E-state index contributed by atoms with van der Waals surface area (Å²) in [6, 6.07) is 0. The highest BCUT2D eigenvalue weighted by atomic mass is 16.2. The van der Waals surface area contributed by atoms with Crippen molar-refractivity contribution in [3.63, 3.8) is 0 Å². The first-order valence-electron chi connectivity index (χ1n) is 4.13. The Kier molecular flexibility index (Phi) is 2.84. The summed E-state index contributed by atoms with van der Waals surface area (Å²) in [5.74, 6) is -0.197. The maximum atomic E-state index is 11.5. The van der Waals surface area contributed by atoms with E-state index in [2.05, 4.69) is 15.2 Å². The van der Waals surface area contributed by atoms with E-state index in [1.165, 1.54) is 0 Å². The maximum Gasteiger partial charge on any atom is 0.341 e. The summed E-state index contributed by atoms with van der Waals surface area (Å²) in [7, 11) is 0. The second-order valence-electron chi connectivity index (χ2n) is 2.50. The van der Waals surface area contributed by atoms with Crippen LogP contribution >= 0.6 is 0 Å². The van der Waals surface area contributed by atoms with E-state index in [-0.39, 0.29) is 11.7 Å². The Morgan fingerprint density at radius 1 is 1.46 bits per heavy atom. The molecule has 0 spiro atoms. The van der Waals surface area contributed by atoms with E-state index in [0.29, 0.717) is 13.1 Å². The Morgan fingerprint density at radius 2 is 2.08 bits per heavy atom. The highest BCUT2D eigenvalue weighted by molar-refractivity contribution is 5.90. The molecule has 0 aliphatic rings. The number of hydrogen-bond acceptors (Lipinski definition) is 3. The van der Waals surface area contributed by atoms with Gasteiger partial charge in [0.1, 0.15) is 0 Å². The average molecular weight is 184 g/mol. The minimum atomic E-state index is -0.462. The number of nitrogens with one attached hydrogen (secondary N) is 2. The summed E-state index contributed by atoms with van der Waals surface area (Å²) in [6.07, 6.45) is 0. The number of hydrogen-bond donors (Lipinski definition) is 2. The monoisotopic (exact) mass is 184 g/mol. The molecule has 1 aromatic rings. The number of aromatic amines is 2. The molecular weight excluding hydrogens is 172 g/mol. The van der Waals surface area contributed by atoms with Crippen LogP contribution in [-0.2, 0) is 0 Å². The van der Waals surface area contributed by atoms with Crippen molar-refractivity contribution in [2.24, 2.45) is 0 Å². The van der Waals surface area contributed by atoms with Gasteiger partial charge in [0.05, 0.1) is 0 Å². The molecule has 72 valence electrons. The number of H-pyrrole nitrogens is 2. The van der Waals surface area contributed by atoms with Gasteiger partial charge in [-0.3, -0.25) is 9.78 Å². The zero-order chi connectivity index (χ0) is 9.84. The fourth-order valence-electron chi connectivity index (χ4n) is 1.03. The molecule has 0 saturated carbocycles. The predicted molar refractivity (Wildman–Crippen MR) is 46.5 cm³/mol.